The molecule has 19 heavy (non-hydrogen) atoms. The van der Waals surface area contributed by atoms with Crippen molar-refractivity contribution in [2.75, 3.05) is 30.9 Å². The maximum atomic E-state index is 11.9. The van der Waals surface area contributed by atoms with Gasteiger partial charge in [0, 0.05) is 20.6 Å². The van der Waals surface area contributed by atoms with E-state index in [4.69, 9.17) is 0 Å². The summed E-state index contributed by atoms with van der Waals surface area (Å²) in [6, 6.07) is 7.72. The fraction of sp³-hybridized carbons (Fsp3) is 0.533. The number of rotatable bonds is 6. The molecule has 0 heterocycles. The molecule has 0 bridgehead atoms. The SMILES string of the molecule is CC(C)CNC(=O)C(C)Nc1ccccc1N(C)C. The average Bonchev–Trinajstić information content (AvgIpc) is 2.36. The molecule has 1 unspecified atom stereocenters. The second kappa shape index (κ2) is 7.02. The Morgan fingerprint density at radius 1 is 1.21 bits per heavy atom. The summed E-state index contributed by atoms with van der Waals surface area (Å²) in [5.74, 6) is 0.493. The third-order valence-corrected chi connectivity index (χ3v) is 2.84. The van der Waals surface area contributed by atoms with Crippen LogP contribution in [0.25, 0.3) is 0 Å². The Morgan fingerprint density at radius 2 is 1.84 bits per heavy atom. The van der Waals surface area contributed by atoms with E-state index in [1.165, 1.54) is 0 Å². The van der Waals surface area contributed by atoms with Crippen LogP contribution in [-0.4, -0.2) is 32.6 Å². The zero-order valence-corrected chi connectivity index (χ0v) is 12.5. The zero-order chi connectivity index (χ0) is 14.4. The predicted molar refractivity (Wildman–Crippen MR) is 81.7 cm³/mol. The van der Waals surface area contributed by atoms with Gasteiger partial charge >= 0.3 is 0 Å². The van der Waals surface area contributed by atoms with Gasteiger partial charge in [0.2, 0.25) is 5.91 Å². The topological polar surface area (TPSA) is 44.4 Å². The number of hydrogen-bond acceptors (Lipinski definition) is 3. The van der Waals surface area contributed by atoms with Crippen molar-refractivity contribution in [1.29, 1.82) is 0 Å². The van der Waals surface area contributed by atoms with Crippen molar-refractivity contribution in [3.63, 3.8) is 0 Å². The highest BCUT2D eigenvalue weighted by Crippen LogP contribution is 2.23. The van der Waals surface area contributed by atoms with Gasteiger partial charge in [-0.1, -0.05) is 26.0 Å². The van der Waals surface area contributed by atoms with E-state index in [0.717, 1.165) is 11.4 Å². The van der Waals surface area contributed by atoms with Crippen molar-refractivity contribution in [1.82, 2.24) is 5.32 Å². The third kappa shape index (κ3) is 4.81. The first-order chi connectivity index (χ1) is 8.91. The number of hydrogen-bond donors (Lipinski definition) is 2. The molecule has 1 aromatic rings. The summed E-state index contributed by atoms with van der Waals surface area (Å²) >= 11 is 0. The van der Waals surface area contributed by atoms with Crippen molar-refractivity contribution < 1.29 is 4.79 Å². The van der Waals surface area contributed by atoms with Crippen molar-refractivity contribution in [2.24, 2.45) is 5.92 Å². The highest BCUT2D eigenvalue weighted by Gasteiger charge is 2.14. The number of nitrogens with one attached hydrogen (secondary N) is 2. The molecule has 0 radical (unpaired) electrons. The molecule has 1 amide bonds. The van der Waals surface area contributed by atoms with Crippen LogP contribution in [0.3, 0.4) is 0 Å². The average molecular weight is 263 g/mol. The molecule has 1 aromatic carbocycles. The van der Waals surface area contributed by atoms with Gasteiger partial charge in [-0.15, -0.1) is 0 Å². The minimum absolute atomic E-state index is 0.0299. The van der Waals surface area contributed by atoms with Crippen LogP contribution in [0.15, 0.2) is 24.3 Å². The van der Waals surface area contributed by atoms with Crippen molar-refractivity contribution in [3.05, 3.63) is 24.3 Å². The van der Waals surface area contributed by atoms with Gasteiger partial charge in [-0.2, -0.15) is 0 Å². The molecule has 4 heteroatoms. The number of nitrogens with zero attached hydrogens (tertiary/aromatic N) is 1. The molecular weight excluding hydrogens is 238 g/mol. The molecule has 1 atom stereocenters. The van der Waals surface area contributed by atoms with Gasteiger partial charge in [0.25, 0.3) is 0 Å². The monoisotopic (exact) mass is 263 g/mol. The molecule has 0 saturated heterocycles. The van der Waals surface area contributed by atoms with E-state index < -0.39 is 0 Å². The summed E-state index contributed by atoms with van der Waals surface area (Å²) in [4.78, 5) is 14.0. The standard InChI is InChI=1S/C15H25N3O/c1-11(2)10-16-15(19)12(3)17-13-8-6-7-9-14(13)18(4)5/h6-9,11-12,17H,10H2,1-5H3,(H,16,19). The van der Waals surface area contributed by atoms with Crippen LogP contribution < -0.4 is 15.5 Å². The first-order valence-corrected chi connectivity index (χ1v) is 6.72. The lowest BCUT2D eigenvalue weighted by Gasteiger charge is -2.21. The fourth-order valence-electron chi connectivity index (χ4n) is 1.74. The van der Waals surface area contributed by atoms with E-state index in [2.05, 4.69) is 24.5 Å². The lowest BCUT2D eigenvalue weighted by molar-refractivity contribution is -0.121. The van der Waals surface area contributed by atoms with Crippen LogP contribution in [0.1, 0.15) is 20.8 Å². The maximum Gasteiger partial charge on any atom is 0.242 e. The molecule has 0 saturated carbocycles. The van der Waals surface area contributed by atoms with Crippen LogP contribution in [0, 0.1) is 5.92 Å². The van der Waals surface area contributed by atoms with Gasteiger partial charge in [-0.25, -0.2) is 0 Å². The number of benzene rings is 1. The Morgan fingerprint density at radius 3 is 2.42 bits per heavy atom. The van der Waals surface area contributed by atoms with Gasteiger partial charge in [0.1, 0.15) is 6.04 Å². The lowest BCUT2D eigenvalue weighted by atomic mass is 10.2. The van der Waals surface area contributed by atoms with Gasteiger partial charge in [0.05, 0.1) is 11.4 Å². The summed E-state index contributed by atoms with van der Waals surface area (Å²) in [5, 5.41) is 6.20. The van der Waals surface area contributed by atoms with Crippen molar-refractivity contribution >= 4 is 17.3 Å². The largest absolute Gasteiger partial charge is 0.376 e. The van der Waals surface area contributed by atoms with Crippen LogP contribution >= 0.6 is 0 Å². The molecule has 0 aliphatic rings. The predicted octanol–water partition coefficient (Wildman–Crippen LogP) is 2.33. The molecular formula is C15H25N3O. The minimum atomic E-state index is -0.250. The molecule has 0 aliphatic carbocycles. The Kier molecular flexibility index (Phi) is 5.67. The maximum absolute atomic E-state index is 11.9. The fourth-order valence-corrected chi connectivity index (χ4v) is 1.74. The quantitative estimate of drug-likeness (QED) is 0.828. The third-order valence-electron chi connectivity index (χ3n) is 2.84. The normalized spacial score (nSPS) is 12.1. The second-order valence-electron chi connectivity index (χ2n) is 5.42. The van der Waals surface area contributed by atoms with Crippen molar-refractivity contribution in [2.45, 2.75) is 26.8 Å². The van der Waals surface area contributed by atoms with E-state index in [-0.39, 0.29) is 11.9 Å². The first-order valence-electron chi connectivity index (χ1n) is 6.72. The zero-order valence-electron chi connectivity index (χ0n) is 12.5. The lowest BCUT2D eigenvalue weighted by Crippen LogP contribution is -2.39. The van der Waals surface area contributed by atoms with Crippen LogP contribution in [-0.2, 0) is 4.79 Å². The highest BCUT2D eigenvalue weighted by atomic mass is 16.2. The molecule has 0 aliphatic heterocycles. The Balaban J connectivity index is 2.66. The molecule has 1 rings (SSSR count). The molecule has 0 aromatic heterocycles. The summed E-state index contributed by atoms with van der Waals surface area (Å²) in [7, 11) is 3.98. The summed E-state index contributed by atoms with van der Waals surface area (Å²) in [6.45, 7) is 6.75. The summed E-state index contributed by atoms with van der Waals surface area (Å²) in [5.41, 5.74) is 2.05. The first kappa shape index (κ1) is 15.3. The molecule has 0 fully saturated rings. The summed E-state index contributed by atoms with van der Waals surface area (Å²) < 4.78 is 0. The number of para-hydroxylation sites is 2. The van der Waals surface area contributed by atoms with Crippen molar-refractivity contribution in [3.8, 4) is 0 Å². The van der Waals surface area contributed by atoms with E-state index in [9.17, 15) is 4.79 Å². The Hall–Kier alpha value is -1.71. The molecule has 0 spiro atoms. The number of anilines is 2. The van der Waals surface area contributed by atoms with Gasteiger partial charge in [-0.3, -0.25) is 4.79 Å². The molecule has 4 nitrogen and oxygen atoms in total. The summed E-state index contributed by atoms with van der Waals surface area (Å²) in [6.07, 6.45) is 0. The smallest absolute Gasteiger partial charge is 0.242 e. The van der Waals surface area contributed by atoms with Gasteiger partial charge < -0.3 is 15.5 Å². The highest BCUT2D eigenvalue weighted by molar-refractivity contribution is 5.85. The number of carbonyl (C=O) groups excluding carboxylic acids is 1. The Bertz CT molecular complexity index is 416. The van der Waals surface area contributed by atoms with Crippen LogP contribution in [0.4, 0.5) is 11.4 Å². The number of amides is 1. The van der Waals surface area contributed by atoms with Gasteiger partial charge in [0.15, 0.2) is 0 Å². The number of carbonyl (C=O) groups is 1. The minimum Gasteiger partial charge on any atom is -0.376 e. The Labute approximate surface area is 116 Å². The molecule has 106 valence electrons. The van der Waals surface area contributed by atoms with Crippen LogP contribution in [0.2, 0.25) is 0 Å². The van der Waals surface area contributed by atoms with E-state index in [1.54, 1.807) is 0 Å². The van der Waals surface area contributed by atoms with Crippen LogP contribution in [0.5, 0.6) is 0 Å². The van der Waals surface area contributed by atoms with E-state index in [0.29, 0.717) is 12.5 Å². The van der Waals surface area contributed by atoms with Gasteiger partial charge in [-0.05, 0) is 25.0 Å². The van der Waals surface area contributed by atoms with E-state index >= 15 is 0 Å². The molecule has 2 N–H and O–H groups in total. The van der Waals surface area contributed by atoms with E-state index in [1.807, 2.05) is 50.2 Å². The second-order valence-corrected chi connectivity index (χ2v) is 5.42.